The molecule has 0 spiro atoms. The number of ether oxygens (including phenoxy) is 1. The number of hydrogen-bond donors (Lipinski definition) is 0. The number of pyridine rings is 1. The highest BCUT2D eigenvalue weighted by atomic mass is 79.9. The lowest BCUT2D eigenvalue weighted by atomic mass is 10.3. The molecule has 0 N–H and O–H groups in total. The van der Waals surface area contributed by atoms with Crippen molar-refractivity contribution in [3.63, 3.8) is 0 Å². The van der Waals surface area contributed by atoms with E-state index in [-0.39, 0.29) is 4.60 Å². The summed E-state index contributed by atoms with van der Waals surface area (Å²) < 4.78 is 63.4. The molecule has 0 fully saturated rings. The van der Waals surface area contributed by atoms with Crippen molar-refractivity contribution in [1.29, 1.82) is 0 Å². The van der Waals surface area contributed by atoms with Gasteiger partial charge in [-0.15, -0.1) is 13.2 Å². The molecular formula is C7H2Br2F5NO. The molecule has 1 heterocycles. The summed E-state index contributed by atoms with van der Waals surface area (Å²) in [4.78, 5) is 3.33. The summed E-state index contributed by atoms with van der Waals surface area (Å²) in [7, 11) is 0. The van der Waals surface area contributed by atoms with Crippen molar-refractivity contribution in [3.8, 4) is 5.75 Å². The van der Waals surface area contributed by atoms with E-state index in [4.69, 9.17) is 0 Å². The van der Waals surface area contributed by atoms with Crippen LogP contribution in [0.3, 0.4) is 0 Å². The fourth-order valence-corrected chi connectivity index (χ4v) is 2.13. The molecule has 0 saturated heterocycles. The zero-order chi connectivity index (χ0) is 12.5. The van der Waals surface area contributed by atoms with Crippen LogP contribution in [-0.4, -0.2) is 11.3 Å². The highest BCUT2D eigenvalue weighted by Crippen LogP contribution is 2.39. The molecule has 1 aromatic heterocycles. The van der Waals surface area contributed by atoms with Crippen LogP contribution < -0.4 is 4.74 Å². The molecule has 0 radical (unpaired) electrons. The van der Waals surface area contributed by atoms with Gasteiger partial charge in [0, 0.05) is 0 Å². The van der Waals surface area contributed by atoms with Gasteiger partial charge in [0.25, 0.3) is 6.43 Å². The first-order valence-corrected chi connectivity index (χ1v) is 5.18. The molecule has 0 unspecified atom stereocenters. The highest BCUT2D eigenvalue weighted by Gasteiger charge is 2.33. The van der Waals surface area contributed by atoms with E-state index in [2.05, 4.69) is 41.6 Å². The number of rotatable bonds is 2. The van der Waals surface area contributed by atoms with Crippen molar-refractivity contribution >= 4 is 31.9 Å². The van der Waals surface area contributed by atoms with Gasteiger partial charge in [0.1, 0.15) is 4.60 Å². The Morgan fingerprint density at radius 1 is 1.25 bits per heavy atom. The molecule has 0 saturated carbocycles. The molecule has 9 heteroatoms. The largest absolute Gasteiger partial charge is 0.573 e. The van der Waals surface area contributed by atoms with Crippen molar-refractivity contribution in [2.75, 3.05) is 0 Å². The molecule has 90 valence electrons. The van der Waals surface area contributed by atoms with Gasteiger partial charge in [0.05, 0.1) is 16.2 Å². The fraction of sp³-hybridized carbons (Fsp3) is 0.286. The van der Waals surface area contributed by atoms with E-state index >= 15 is 0 Å². The fourth-order valence-electron chi connectivity index (χ4n) is 0.846. The predicted octanol–water partition coefficient (Wildman–Crippen LogP) is 4.44. The first-order chi connectivity index (χ1) is 7.22. The van der Waals surface area contributed by atoms with Gasteiger partial charge in [-0.25, -0.2) is 13.8 Å². The third kappa shape index (κ3) is 3.27. The van der Waals surface area contributed by atoms with Gasteiger partial charge < -0.3 is 4.74 Å². The van der Waals surface area contributed by atoms with Crippen LogP contribution in [0, 0.1) is 0 Å². The quantitative estimate of drug-likeness (QED) is 0.567. The maximum Gasteiger partial charge on any atom is 0.573 e. The smallest absolute Gasteiger partial charge is 0.403 e. The second-order valence-electron chi connectivity index (χ2n) is 2.49. The standard InChI is InChI=1S/C7H2Br2F5NO/c8-4-2(16-7(12,13)14)1-15-5(9)3(4)6(10)11/h1,6H. The lowest BCUT2D eigenvalue weighted by molar-refractivity contribution is -0.275. The Morgan fingerprint density at radius 3 is 2.25 bits per heavy atom. The molecule has 0 atom stereocenters. The molecule has 2 nitrogen and oxygen atoms in total. The molecule has 0 aliphatic heterocycles. The van der Waals surface area contributed by atoms with Gasteiger partial charge in [0.2, 0.25) is 0 Å². The number of nitrogens with zero attached hydrogens (tertiary/aromatic N) is 1. The van der Waals surface area contributed by atoms with E-state index in [1.807, 2.05) is 0 Å². The van der Waals surface area contributed by atoms with E-state index < -0.39 is 28.6 Å². The summed E-state index contributed by atoms with van der Waals surface area (Å²) >= 11 is 5.31. The average Bonchev–Trinajstić information content (AvgIpc) is 2.07. The molecule has 0 bridgehead atoms. The second kappa shape index (κ2) is 4.82. The minimum absolute atomic E-state index is 0.246. The Balaban J connectivity index is 3.19. The topological polar surface area (TPSA) is 22.1 Å². The molecular weight excluding hydrogens is 369 g/mol. The summed E-state index contributed by atoms with van der Waals surface area (Å²) in [5.41, 5.74) is -0.693. The zero-order valence-corrected chi connectivity index (χ0v) is 10.3. The van der Waals surface area contributed by atoms with Crippen molar-refractivity contribution in [2.45, 2.75) is 12.8 Å². The van der Waals surface area contributed by atoms with Crippen LogP contribution in [0.25, 0.3) is 0 Å². The van der Waals surface area contributed by atoms with E-state index in [0.29, 0.717) is 6.20 Å². The summed E-state index contributed by atoms with van der Waals surface area (Å²) in [6.45, 7) is 0. The van der Waals surface area contributed by atoms with Crippen LogP contribution in [0.4, 0.5) is 22.0 Å². The van der Waals surface area contributed by atoms with Gasteiger partial charge in [-0.1, -0.05) is 0 Å². The molecule has 0 aliphatic carbocycles. The Hall–Kier alpha value is -0.440. The van der Waals surface area contributed by atoms with E-state index in [0.717, 1.165) is 0 Å². The van der Waals surface area contributed by atoms with Gasteiger partial charge in [-0.05, 0) is 31.9 Å². The molecule has 16 heavy (non-hydrogen) atoms. The first kappa shape index (κ1) is 13.6. The van der Waals surface area contributed by atoms with Crippen molar-refractivity contribution in [3.05, 3.63) is 20.8 Å². The van der Waals surface area contributed by atoms with Crippen LogP contribution in [0.15, 0.2) is 15.3 Å². The van der Waals surface area contributed by atoms with Crippen LogP contribution in [0.1, 0.15) is 12.0 Å². The van der Waals surface area contributed by atoms with Crippen LogP contribution in [0.2, 0.25) is 0 Å². The summed E-state index contributed by atoms with van der Waals surface area (Å²) in [6, 6.07) is 0. The lowest BCUT2D eigenvalue weighted by Crippen LogP contribution is -2.18. The summed E-state index contributed by atoms with van der Waals surface area (Å²) in [5.74, 6) is -0.814. The number of hydrogen-bond acceptors (Lipinski definition) is 2. The molecule has 0 amide bonds. The van der Waals surface area contributed by atoms with Gasteiger partial charge >= 0.3 is 6.36 Å². The van der Waals surface area contributed by atoms with Crippen LogP contribution >= 0.6 is 31.9 Å². The SMILES string of the molecule is FC(F)c1c(Br)ncc(OC(F)(F)F)c1Br. The Bertz CT molecular complexity index is 395. The Morgan fingerprint density at radius 2 is 1.81 bits per heavy atom. The normalized spacial score (nSPS) is 12.0. The molecule has 1 rings (SSSR count). The van der Waals surface area contributed by atoms with Gasteiger partial charge in [-0.2, -0.15) is 0 Å². The van der Waals surface area contributed by atoms with Crippen LogP contribution in [0.5, 0.6) is 5.75 Å². The minimum atomic E-state index is -4.96. The number of aromatic nitrogens is 1. The van der Waals surface area contributed by atoms with Crippen LogP contribution in [-0.2, 0) is 0 Å². The Kier molecular flexibility index (Phi) is 4.11. The third-order valence-corrected chi connectivity index (χ3v) is 2.86. The number of halogens is 7. The van der Waals surface area contributed by atoms with Crippen molar-refractivity contribution in [2.24, 2.45) is 0 Å². The minimum Gasteiger partial charge on any atom is -0.403 e. The van der Waals surface area contributed by atoms with E-state index in [1.165, 1.54) is 0 Å². The molecule has 0 aliphatic rings. The first-order valence-electron chi connectivity index (χ1n) is 3.60. The summed E-state index contributed by atoms with van der Waals surface area (Å²) in [5, 5.41) is 0. The van der Waals surface area contributed by atoms with Gasteiger partial charge in [-0.3, -0.25) is 0 Å². The lowest BCUT2D eigenvalue weighted by Gasteiger charge is -2.13. The van der Waals surface area contributed by atoms with Crippen molar-refractivity contribution in [1.82, 2.24) is 4.98 Å². The maximum atomic E-state index is 12.5. The monoisotopic (exact) mass is 369 g/mol. The maximum absolute atomic E-state index is 12.5. The average molecular weight is 371 g/mol. The zero-order valence-electron chi connectivity index (χ0n) is 7.16. The number of alkyl halides is 5. The predicted molar refractivity (Wildman–Crippen MR) is 51.3 cm³/mol. The molecule has 0 aromatic carbocycles. The summed E-state index contributed by atoms with van der Waals surface area (Å²) in [6.07, 6.45) is -7.25. The van der Waals surface area contributed by atoms with E-state index in [1.54, 1.807) is 0 Å². The van der Waals surface area contributed by atoms with E-state index in [9.17, 15) is 22.0 Å². The highest BCUT2D eigenvalue weighted by molar-refractivity contribution is 9.11. The third-order valence-electron chi connectivity index (χ3n) is 1.41. The van der Waals surface area contributed by atoms with Gasteiger partial charge in [0.15, 0.2) is 5.75 Å². The van der Waals surface area contributed by atoms with Crippen molar-refractivity contribution < 1.29 is 26.7 Å². The molecule has 1 aromatic rings. The Labute approximate surface area is 103 Å². The second-order valence-corrected chi connectivity index (χ2v) is 4.03.